The normalized spacial score (nSPS) is 19.3. The summed E-state index contributed by atoms with van der Waals surface area (Å²) < 4.78 is 27.8. The molecular formula is C24H24N4O3S. The van der Waals surface area contributed by atoms with E-state index in [1.165, 1.54) is 15.9 Å². The molecule has 0 radical (unpaired) electrons. The summed E-state index contributed by atoms with van der Waals surface area (Å²) in [6.45, 7) is 1.76. The van der Waals surface area contributed by atoms with Crippen molar-refractivity contribution >= 4 is 27.4 Å². The van der Waals surface area contributed by atoms with E-state index >= 15 is 0 Å². The topological polar surface area (TPSA) is 82.6 Å². The van der Waals surface area contributed by atoms with Crippen LogP contribution >= 0.6 is 0 Å². The van der Waals surface area contributed by atoms with Crippen LogP contribution in [0, 0.1) is 6.92 Å². The van der Waals surface area contributed by atoms with Crippen LogP contribution in [0.15, 0.2) is 71.8 Å². The molecule has 0 saturated heterocycles. The number of amides is 1. The van der Waals surface area contributed by atoms with Crippen molar-refractivity contribution in [2.45, 2.75) is 30.7 Å². The van der Waals surface area contributed by atoms with Crippen LogP contribution in [-0.2, 0) is 21.2 Å². The van der Waals surface area contributed by atoms with Gasteiger partial charge in [-0.3, -0.25) is 4.79 Å². The zero-order valence-corrected chi connectivity index (χ0v) is 18.5. The quantitative estimate of drug-likeness (QED) is 0.662. The SMILES string of the molecule is Cc1ccc(N2CN(CC(=O)N[C@@H]3CCc4ccccc43)S(=O)(=O)c3cccnc32)cc1. The van der Waals surface area contributed by atoms with E-state index in [9.17, 15) is 13.2 Å². The highest BCUT2D eigenvalue weighted by Crippen LogP contribution is 2.36. The van der Waals surface area contributed by atoms with Gasteiger partial charge in [-0.25, -0.2) is 13.4 Å². The maximum Gasteiger partial charge on any atom is 0.248 e. The maximum absolute atomic E-state index is 13.3. The van der Waals surface area contributed by atoms with Gasteiger partial charge in [0.15, 0.2) is 5.82 Å². The molecule has 2 aliphatic rings. The van der Waals surface area contributed by atoms with Gasteiger partial charge in [-0.1, -0.05) is 42.0 Å². The van der Waals surface area contributed by atoms with E-state index in [2.05, 4.69) is 16.4 Å². The molecule has 0 fully saturated rings. The highest BCUT2D eigenvalue weighted by atomic mass is 32.2. The van der Waals surface area contributed by atoms with E-state index in [1.54, 1.807) is 12.3 Å². The van der Waals surface area contributed by atoms with Crippen molar-refractivity contribution in [3.8, 4) is 0 Å². The monoisotopic (exact) mass is 448 g/mol. The van der Waals surface area contributed by atoms with Crippen molar-refractivity contribution in [3.63, 3.8) is 0 Å². The van der Waals surface area contributed by atoms with Gasteiger partial charge in [-0.2, -0.15) is 4.31 Å². The molecule has 2 heterocycles. The molecule has 1 amide bonds. The number of anilines is 2. The number of aromatic nitrogens is 1. The Morgan fingerprint density at radius 1 is 1.09 bits per heavy atom. The van der Waals surface area contributed by atoms with E-state index in [4.69, 9.17) is 0 Å². The second-order valence-electron chi connectivity index (χ2n) is 8.20. The predicted octanol–water partition coefficient (Wildman–Crippen LogP) is 3.29. The van der Waals surface area contributed by atoms with Crippen molar-refractivity contribution in [2.75, 3.05) is 18.1 Å². The molecule has 3 aromatic rings. The Kier molecular flexibility index (Phi) is 5.19. The molecular weight excluding hydrogens is 424 g/mol. The van der Waals surface area contributed by atoms with Crippen LogP contribution in [0.2, 0.25) is 0 Å². The fraction of sp³-hybridized carbons (Fsp3) is 0.250. The Morgan fingerprint density at radius 3 is 2.69 bits per heavy atom. The van der Waals surface area contributed by atoms with Gasteiger partial charge < -0.3 is 10.2 Å². The first-order valence-corrected chi connectivity index (χ1v) is 12.0. The average Bonchev–Trinajstić information content (AvgIpc) is 3.19. The number of benzene rings is 2. The van der Waals surface area contributed by atoms with Crippen LogP contribution in [0.4, 0.5) is 11.5 Å². The lowest BCUT2D eigenvalue weighted by molar-refractivity contribution is -0.122. The molecule has 7 nitrogen and oxygen atoms in total. The Balaban J connectivity index is 1.41. The third kappa shape index (κ3) is 3.65. The summed E-state index contributed by atoms with van der Waals surface area (Å²) in [4.78, 5) is 19.2. The van der Waals surface area contributed by atoms with Crippen molar-refractivity contribution < 1.29 is 13.2 Å². The third-order valence-corrected chi connectivity index (χ3v) is 7.86. The highest BCUT2D eigenvalue weighted by Gasteiger charge is 2.38. The second kappa shape index (κ2) is 8.03. The molecule has 1 aliphatic carbocycles. The number of pyridine rings is 1. The third-order valence-electron chi connectivity index (χ3n) is 6.06. The zero-order chi connectivity index (χ0) is 22.3. The highest BCUT2D eigenvalue weighted by molar-refractivity contribution is 7.89. The predicted molar refractivity (Wildman–Crippen MR) is 122 cm³/mol. The van der Waals surface area contributed by atoms with E-state index in [-0.39, 0.29) is 30.1 Å². The number of carbonyl (C=O) groups excluding carboxylic acids is 1. The number of rotatable bonds is 4. The smallest absolute Gasteiger partial charge is 0.248 e. The van der Waals surface area contributed by atoms with Crippen molar-refractivity contribution in [1.29, 1.82) is 0 Å². The molecule has 0 spiro atoms. The van der Waals surface area contributed by atoms with Crippen LogP contribution in [0.5, 0.6) is 0 Å². The number of sulfonamides is 1. The summed E-state index contributed by atoms with van der Waals surface area (Å²) in [6, 6.07) is 18.9. The lowest BCUT2D eigenvalue weighted by atomic mass is 10.1. The molecule has 0 bridgehead atoms. The van der Waals surface area contributed by atoms with Gasteiger partial charge in [0, 0.05) is 11.9 Å². The number of carbonyl (C=O) groups is 1. The number of nitrogens with zero attached hydrogens (tertiary/aromatic N) is 3. The van der Waals surface area contributed by atoms with E-state index in [1.807, 2.05) is 54.3 Å². The summed E-state index contributed by atoms with van der Waals surface area (Å²) in [5.74, 6) is 0.0594. The molecule has 0 unspecified atom stereocenters. The first-order chi connectivity index (χ1) is 15.4. The van der Waals surface area contributed by atoms with Crippen LogP contribution in [0.25, 0.3) is 0 Å². The molecule has 0 saturated carbocycles. The number of hydrogen-bond acceptors (Lipinski definition) is 5. The van der Waals surface area contributed by atoms with Gasteiger partial charge >= 0.3 is 0 Å². The molecule has 1 aliphatic heterocycles. The van der Waals surface area contributed by atoms with Crippen LogP contribution in [0.1, 0.15) is 29.2 Å². The van der Waals surface area contributed by atoms with Crippen molar-refractivity contribution in [1.82, 2.24) is 14.6 Å². The Hall–Kier alpha value is -3.23. The Labute approximate surface area is 187 Å². The van der Waals surface area contributed by atoms with Gasteiger partial charge in [0.1, 0.15) is 4.90 Å². The largest absolute Gasteiger partial charge is 0.348 e. The van der Waals surface area contributed by atoms with Gasteiger partial charge in [-0.15, -0.1) is 0 Å². The summed E-state index contributed by atoms with van der Waals surface area (Å²) in [5, 5.41) is 3.03. The molecule has 5 rings (SSSR count). The van der Waals surface area contributed by atoms with Crippen molar-refractivity contribution in [2.24, 2.45) is 0 Å². The maximum atomic E-state index is 13.3. The number of hydrogen-bond donors (Lipinski definition) is 1. The first kappa shape index (κ1) is 20.7. The zero-order valence-electron chi connectivity index (χ0n) is 17.7. The fourth-order valence-corrected chi connectivity index (χ4v) is 5.87. The average molecular weight is 449 g/mol. The molecule has 164 valence electrons. The number of aryl methyl sites for hydroxylation is 2. The standard InChI is InChI=1S/C24H24N4O3S/c1-17-8-11-19(12-9-17)28-16-27(32(30,31)22-7-4-14-25-24(22)28)15-23(29)26-21-13-10-18-5-2-3-6-20(18)21/h2-9,11-12,14,21H,10,13,15-16H2,1H3,(H,26,29)/t21-/m1/s1. The van der Waals surface area contributed by atoms with Gasteiger partial charge in [0.05, 0.1) is 19.3 Å². The summed E-state index contributed by atoms with van der Waals surface area (Å²) >= 11 is 0. The van der Waals surface area contributed by atoms with Crippen LogP contribution in [-0.4, -0.2) is 36.8 Å². The molecule has 1 aromatic heterocycles. The Bertz CT molecular complexity index is 1270. The molecule has 1 atom stereocenters. The fourth-order valence-electron chi connectivity index (χ4n) is 4.40. The van der Waals surface area contributed by atoms with E-state index < -0.39 is 10.0 Å². The lowest BCUT2D eigenvalue weighted by Gasteiger charge is -2.36. The van der Waals surface area contributed by atoms with Gasteiger partial charge in [0.2, 0.25) is 15.9 Å². The molecule has 1 N–H and O–H groups in total. The van der Waals surface area contributed by atoms with Crippen LogP contribution in [0.3, 0.4) is 0 Å². The first-order valence-electron chi connectivity index (χ1n) is 10.6. The minimum absolute atomic E-state index is 0.0179. The molecule has 2 aromatic carbocycles. The second-order valence-corrected chi connectivity index (χ2v) is 10.1. The van der Waals surface area contributed by atoms with Crippen LogP contribution < -0.4 is 10.2 Å². The summed E-state index contributed by atoms with van der Waals surface area (Å²) in [7, 11) is -3.85. The minimum atomic E-state index is -3.85. The molecule has 8 heteroatoms. The lowest BCUT2D eigenvalue weighted by Crippen LogP contribution is -2.49. The Morgan fingerprint density at radius 2 is 1.88 bits per heavy atom. The minimum Gasteiger partial charge on any atom is -0.348 e. The number of nitrogens with one attached hydrogen (secondary N) is 1. The van der Waals surface area contributed by atoms with E-state index in [0.717, 1.165) is 29.7 Å². The van der Waals surface area contributed by atoms with Gasteiger partial charge in [-0.05, 0) is 55.2 Å². The van der Waals surface area contributed by atoms with Gasteiger partial charge in [0.25, 0.3) is 0 Å². The van der Waals surface area contributed by atoms with Crippen molar-refractivity contribution in [3.05, 3.63) is 83.6 Å². The number of fused-ring (bicyclic) bond motifs is 2. The summed E-state index contributed by atoms with van der Waals surface area (Å²) in [5.41, 5.74) is 4.26. The summed E-state index contributed by atoms with van der Waals surface area (Å²) in [6.07, 6.45) is 3.30. The molecule has 32 heavy (non-hydrogen) atoms. The van der Waals surface area contributed by atoms with E-state index in [0.29, 0.717) is 5.82 Å².